The van der Waals surface area contributed by atoms with Gasteiger partial charge in [-0.05, 0) is 36.4 Å². The minimum Gasteiger partial charge on any atom is -0.497 e. The van der Waals surface area contributed by atoms with E-state index < -0.39 is 18.3 Å². The fraction of sp³-hybridized carbons (Fsp3) is 0.217. The predicted octanol–water partition coefficient (Wildman–Crippen LogP) is 3.63. The first kappa shape index (κ1) is 19.8. The van der Waals surface area contributed by atoms with Gasteiger partial charge in [-0.2, -0.15) is 0 Å². The van der Waals surface area contributed by atoms with Gasteiger partial charge in [-0.15, -0.1) is 0 Å². The van der Waals surface area contributed by atoms with Crippen LogP contribution in [-0.4, -0.2) is 31.9 Å². The average Bonchev–Trinajstić information content (AvgIpc) is 3.50. The van der Waals surface area contributed by atoms with E-state index in [9.17, 15) is 9.59 Å². The first-order chi connectivity index (χ1) is 15.6. The molecule has 1 amide bonds. The lowest BCUT2D eigenvalue weighted by Crippen LogP contribution is -2.42. The third-order valence-corrected chi connectivity index (χ3v) is 5.19. The van der Waals surface area contributed by atoms with Crippen molar-refractivity contribution in [1.29, 1.82) is 0 Å². The molecule has 1 aromatic heterocycles. The molecule has 164 valence electrons. The van der Waals surface area contributed by atoms with E-state index in [4.69, 9.17) is 28.1 Å². The molecular weight excluding hydrogens is 418 g/mol. The largest absolute Gasteiger partial charge is 0.497 e. The molecule has 0 aliphatic carbocycles. The molecule has 3 aromatic rings. The molecule has 32 heavy (non-hydrogen) atoms. The summed E-state index contributed by atoms with van der Waals surface area (Å²) < 4.78 is 32.9. The maximum atomic E-state index is 13.3. The normalized spacial score (nSPS) is 18.5. The van der Waals surface area contributed by atoms with Crippen LogP contribution < -0.4 is 24.3 Å². The van der Waals surface area contributed by atoms with Crippen LogP contribution in [0.3, 0.4) is 0 Å². The standard InChI is InChI=1S/C23H19NO8/c1-27-14-5-6-16-18(10-14)31-21(13-4-7-17-19(9-13)30-12-29-17)22(20(16)25)32-23(26)24-11-15-3-2-8-28-15/h2-10,21-22H,11-12H2,1H3,(H,24,26)/t21-,22?/m0/s1. The summed E-state index contributed by atoms with van der Waals surface area (Å²) in [6, 6.07) is 13.5. The quantitative estimate of drug-likeness (QED) is 0.645. The van der Waals surface area contributed by atoms with Gasteiger partial charge in [-0.1, -0.05) is 6.07 Å². The van der Waals surface area contributed by atoms with Crippen molar-refractivity contribution >= 4 is 11.9 Å². The lowest BCUT2D eigenvalue weighted by molar-refractivity contribution is 0.00873. The Morgan fingerprint density at radius 2 is 1.97 bits per heavy atom. The Morgan fingerprint density at radius 1 is 1.09 bits per heavy atom. The Hall–Kier alpha value is -4.14. The Bertz CT molecular complexity index is 1160. The second-order valence-corrected chi connectivity index (χ2v) is 7.14. The highest BCUT2D eigenvalue weighted by Crippen LogP contribution is 2.41. The molecule has 0 radical (unpaired) electrons. The van der Waals surface area contributed by atoms with E-state index in [1.807, 2.05) is 0 Å². The smallest absolute Gasteiger partial charge is 0.408 e. The number of rotatable bonds is 5. The van der Waals surface area contributed by atoms with Crippen LogP contribution >= 0.6 is 0 Å². The number of benzene rings is 2. The number of Topliss-reactive ketones (excluding diaryl/α,β-unsaturated/α-hetero) is 1. The van der Waals surface area contributed by atoms with Crippen LogP contribution in [0.25, 0.3) is 0 Å². The molecule has 1 N–H and O–H groups in total. The molecule has 2 aromatic carbocycles. The van der Waals surface area contributed by atoms with Crippen LogP contribution in [0, 0.1) is 0 Å². The third kappa shape index (κ3) is 3.68. The summed E-state index contributed by atoms with van der Waals surface area (Å²) in [4.78, 5) is 25.8. The van der Waals surface area contributed by atoms with Crippen LogP contribution in [-0.2, 0) is 11.3 Å². The highest BCUT2D eigenvalue weighted by atomic mass is 16.7. The van der Waals surface area contributed by atoms with Gasteiger partial charge in [0.25, 0.3) is 0 Å². The van der Waals surface area contributed by atoms with Crippen molar-refractivity contribution in [2.45, 2.75) is 18.8 Å². The lowest BCUT2D eigenvalue weighted by atomic mass is 9.93. The van der Waals surface area contributed by atoms with Crippen molar-refractivity contribution in [3.8, 4) is 23.0 Å². The van der Waals surface area contributed by atoms with Crippen LogP contribution in [0.1, 0.15) is 27.8 Å². The van der Waals surface area contributed by atoms with Crippen LogP contribution in [0.2, 0.25) is 0 Å². The van der Waals surface area contributed by atoms with Crippen molar-refractivity contribution < 1.29 is 37.7 Å². The van der Waals surface area contributed by atoms with Crippen LogP contribution in [0.5, 0.6) is 23.0 Å². The number of amides is 1. The Morgan fingerprint density at radius 3 is 2.78 bits per heavy atom. The molecule has 1 unspecified atom stereocenters. The van der Waals surface area contributed by atoms with E-state index in [1.165, 1.54) is 13.4 Å². The number of ether oxygens (including phenoxy) is 5. The van der Waals surface area contributed by atoms with Gasteiger partial charge < -0.3 is 33.4 Å². The van der Waals surface area contributed by atoms with E-state index in [0.29, 0.717) is 39.9 Å². The highest BCUT2D eigenvalue weighted by Gasteiger charge is 2.42. The highest BCUT2D eigenvalue weighted by molar-refractivity contribution is 6.04. The van der Waals surface area contributed by atoms with Crippen molar-refractivity contribution in [2.75, 3.05) is 13.9 Å². The van der Waals surface area contributed by atoms with Gasteiger partial charge in [0.05, 0.1) is 25.5 Å². The topological polar surface area (TPSA) is 105 Å². The van der Waals surface area contributed by atoms with Gasteiger partial charge >= 0.3 is 6.09 Å². The molecule has 5 rings (SSSR count). The second kappa shape index (κ2) is 8.18. The number of hydrogen-bond acceptors (Lipinski definition) is 8. The maximum absolute atomic E-state index is 13.3. The zero-order valence-electron chi connectivity index (χ0n) is 17.0. The fourth-order valence-electron chi connectivity index (χ4n) is 3.60. The summed E-state index contributed by atoms with van der Waals surface area (Å²) in [6.07, 6.45) is -1.38. The summed E-state index contributed by atoms with van der Waals surface area (Å²) in [6.45, 7) is 0.231. The minimum atomic E-state index is -1.21. The molecule has 9 heteroatoms. The van der Waals surface area contributed by atoms with E-state index in [-0.39, 0.29) is 19.1 Å². The zero-order chi connectivity index (χ0) is 22.1. The average molecular weight is 437 g/mol. The van der Waals surface area contributed by atoms with Crippen LogP contribution in [0.15, 0.2) is 59.2 Å². The number of hydrogen-bond donors (Lipinski definition) is 1. The Kier molecular flexibility index (Phi) is 5.06. The molecule has 9 nitrogen and oxygen atoms in total. The van der Waals surface area contributed by atoms with Gasteiger partial charge in [-0.3, -0.25) is 4.79 Å². The molecule has 0 saturated heterocycles. The molecule has 2 aliphatic rings. The summed E-state index contributed by atoms with van der Waals surface area (Å²) in [5.41, 5.74) is 0.895. The summed E-state index contributed by atoms with van der Waals surface area (Å²) in [5, 5.41) is 2.58. The Balaban J connectivity index is 1.44. The molecule has 0 saturated carbocycles. The molecule has 0 fully saturated rings. The monoisotopic (exact) mass is 437 g/mol. The van der Waals surface area contributed by atoms with E-state index in [0.717, 1.165) is 0 Å². The lowest BCUT2D eigenvalue weighted by Gasteiger charge is -2.32. The van der Waals surface area contributed by atoms with Gasteiger partial charge in [0.15, 0.2) is 17.6 Å². The van der Waals surface area contributed by atoms with Gasteiger partial charge in [-0.25, -0.2) is 4.79 Å². The van der Waals surface area contributed by atoms with E-state index >= 15 is 0 Å². The van der Waals surface area contributed by atoms with Crippen molar-refractivity contribution in [1.82, 2.24) is 5.32 Å². The van der Waals surface area contributed by atoms with Gasteiger partial charge in [0.1, 0.15) is 17.3 Å². The maximum Gasteiger partial charge on any atom is 0.408 e. The summed E-state index contributed by atoms with van der Waals surface area (Å²) in [7, 11) is 1.52. The van der Waals surface area contributed by atoms with Crippen molar-refractivity contribution in [3.05, 3.63) is 71.7 Å². The number of methoxy groups -OCH3 is 1. The fourth-order valence-corrected chi connectivity index (χ4v) is 3.60. The number of furan rings is 1. The summed E-state index contributed by atoms with van der Waals surface area (Å²) in [5.74, 6) is 2.16. The first-order valence-electron chi connectivity index (χ1n) is 9.87. The van der Waals surface area contributed by atoms with Crippen LogP contribution in [0.4, 0.5) is 4.79 Å². The van der Waals surface area contributed by atoms with E-state index in [2.05, 4.69) is 5.32 Å². The second-order valence-electron chi connectivity index (χ2n) is 7.14. The van der Waals surface area contributed by atoms with Crippen molar-refractivity contribution in [2.24, 2.45) is 0 Å². The number of nitrogens with one attached hydrogen (secondary N) is 1. The third-order valence-electron chi connectivity index (χ3n) is 5.19. The first-order valence-corrected chi connectivity index (χ1v) is 9.87. The molecule has 3 heterocycles. The molecule has 0 bridgehead atoms. The zero-order valence-corrected chi connectivity index (χ0v) is 17.0. The minimum absolute atomic E-state index is 0.110. The number of carbonyl (C=O) groups excluding carboxylic acids is 2. The molecule has 0 spiro atoms. The van der Waals surface area contributed by atoms with Gasteiger partial charge in [0, 0.05) is 11.6 Å². The van der Waals surface area contributed by atoms with Crippen molar-refractivity contribution in [3.63, 3.8) is 0 Å². The number of alkyl carbamates (subject to hydrolysis) is 1. The van der Waals surface area contributed by atoms with E-state index in [1.54, 1.807) is 48.5 Å². The Labute approximate surface area is 182 Å². The molecule has 2 atom stereocenters. The number of fused-ring (bicyclic) bond motifs is 2. The molecular formula is C23H19NO8. The number of ketones is 1. The molecule has 2 aliphatic heterocycles. The summed E-state index contributed by atoms with van der Waals surface area (Å²) >= 11 is 0. The predicted molar refractivity (Wildman–Crippen MR) is 109 cm³/mol. The number of carbonyl (C=O) groups is 2. The SMILES string of the molecule is COc1ccc2c(c1)O[C@@H](c1ccc3c(c1)OCO3)C(OC(=O)NCc1ccco1)C2=O. The van der Waals surface area contributed by atoms with Gasteiger partial charge in [0.2, 0.25) is 18.7 Å².